The molecule has 2 radical (unpaired) electrons. The van der Waals surface area contributed by atoms with E-state index in [2.05, 4.69) is 184 Å². The summed E-state index contributed by atoms with van der Waals surface area (Å²) in [5, 5.41) is 12.3. The topological polar surface area (TPSA) is 197 Å². The molecule has 0 bridgehead atoms. The molecule has 0 aliphatic heterocycles. The van der Waals surface area contributed by atoms with Crippen LogP contribution in [0.25, 0.3) is 0 Å². The van der Waals surface area contributed by atoms with Crippen LogP contribution >= 0.6 is 46.4 Å². The van der Waals surface area contributed by atoms with Crippen molar-refractivity contribution in [2.45, 2.75) is 6.92 Å². The molecule has 8 aromatic carbocycles. The summed E-state index contributed by atoms with van der Waals surface area (Å²) in [4.78, 5) is 0. The van der Waals surface area contributed by atoms with E-state index in [1.165, 1.54) is 42.7 Å². The van der Waals surface area contributed by atoms with Crippen LogP contribution in [0.15, 0.2) is 237 Å². The molecule has 0 atom stereocenters. The van der Waals surface area contributed by atoms with Gasteiger partial charge in [-0.1, -0.05) is 194 Å². The fourth-order valence-electron chi connectivity index (χ4n) is 6.20. The molecular formula is C55H54Au2Cl2NO8P3S2-4. The van der Waals surface area contributed by atoms with E-state index in [1.54, 1.807) is 11.8 Å². The van der Waals surface area contributed by atoms with E-state index >= 15 is 0 Å². The van der Waals surface area contributed by atoms with Crippen molar-refractivity contribution in [1.82, 2.24) is 0 Å². The number of hydrogen-bond acceptors (Lipinski definition) is 10. The normalized spacial score (nSPS) is 10.6. The number of benzene rings is 8. The van der Waals surface area contributed by atoms with Crippen LogP contribution < -0.4 is 79.7 Å². The first-order valence-electron chi connectivity index (χ1n) is 21.1. The van der Waals surface area contributed by atoms with Gasteiger partial charge in [-0.2, -0.15) is 41.2 Å². The van der Waals surface area contributed by atoms with Crippen molar-refractivity contribution in [2.24, 2.45) is 0 Å². The Hall–Kier alpha value is -2.97. The molecule has 73 heavy (non-hydrogen) atoms. The number of rotatable bonds is 8. The minimum absolute atomic E-state index is 0. The molecule has 0 aliphatic carbocycles. The molecule has 0 aliphatic rings. The monoisotopic (exact) mass is 1480 g/mol. The zero-order chi connectivity index (χ0) is 52.3. The fourth-order valence-corrected chi connectivity index (χ4v) is 12.4. The summed E-state index contributed by atoms with van der Waals surface area (Å²) in [5.41, 5.74) is 2.31. The Balaban J connectivity index is 0.000000458. The number of thioether (sulfide) groups is 1. The van der Waals surface area contributed by atoms with Gasteiger partial charge in [-0.05, 0) is 97.2 Å². The van der Waals surface area contributed by atoms with Crippen LogP contribution in [0.5, 0.6) is 0 Å². The number of nitrogens with one attached hydrogen (secondary N) is 1. The number of thiocarbonyl (C=S) groups is 1. The number of para-hydroxylation sites is 1. The second-order valence-corrected chi connectivity index (χ2v) is 26.0. The molecule has 18 heteroatoms. The largest absolute Gasteiger partial charge is 0.341 e. The molecule has 394 valence electrons. The Kier molecular flexibility index (Phi) is 33.0. The van der Waals surface area contributed by atoms with Gasteiger partial charge in [0.1, 0.15) is 4.32 Å². The first-order valence-corrected chi connectivity index (χ1v) is 30.8. The van der Waals surface area contributed by atoms with Crippen LogP contribution in [-0.4, -0.2) is 10.6 Å². The van der Waals surface area contributed by atoms with E-state index < -0.39 is 42.9 Å². The maximum atomic E-state index is 8.49. The molecule has 8 rings (SSSR count). The SMILES string of the molecule is CSC(=S)Nc1ccccc1C.[Au].[Au].[CH2-][P+]([CH2-])(c1ccccc1)c1ccccc1.[CH2-][P+]([CH2-])(c1ccccc1)c1ccccc1.[O-][Cl+3]([O-])([O-])[O-].[O-][Cl+3]([O-])([O-])[O-].c1ccc(P(c2ccccc2)c2ccccc2)cc1. The van der Waals surface area contributed by atoms with Gasteiger partial charge in [0, 0.05) is 71.7 Å². The summed E-state index contributed by atoms with van der Waals surface area (Å²) in [6.07, 6.45) is 1.97. The standard InChI is InChI=1S/C18H15P.2C14H14P.C9H11NS2.2Au.2ClHO4/c1-4-10-16(11-5-1)19(17-12-6-2-7-13-17)18-14-8-3-9-15-18;2*1-15(2,13-9-5-3-6-10-13)14-11-7-4-8-12-14;1-7-5-3-4-6-8(7)10-9(11)12-2;;;2*2-1(3,4)5/h1-15H;2*3-12H,1-2H2;3-6H,1-2H3,(H,10,11);;;2*(H,2,3,4,5)/q;2*-1;;;;;/p-2. The van der Waals surface area contributed by atoms with Gasteiger partial charge in [0.15, 0.2) is 0 Å². The van der Waals surface area contributed by atoms with Gasteiger partial charge in [0.05, 0.1) is 0 Å². The second kappa shape index (κ2) is 35.4. The minimum Gasteiger partial charge on any atom is -0.341 e. The molecule has 0 fully saturated rings. The van der Waals surface area contributed by atoms with Crippen molar-refractivity contribution in [3.8, 4) is 0 Å². The molecule has 0 amide bonds. The average molecular weight is 1480 g/mol. The average Bonchev–Trinajstić information content (AvgIpc) is 3.36. The number of hydrogen-bond donors (Lipinski definition) is 1. The number of aryl methyl sites for hydroxylation is 1. The summed E-state index contributed by atoms with van der Waals surface area (Å²) in [5.74, 6) is 0. The van der Waals surface area contributed by atoms with Crippen molar-refractivity contribution in [3.05, 3.63) is 269 Å². The van der Waals surface area contributed by atoms with E-state index in [-0.39, 0.29) is 44.8 Å². The molecule has 9 nitrogen and oxygen atoms in total. The van der Waals surface area contributed by atoms with Crippen LogP contribution in [0, 0.1) is 54.1 Å². The third kappa shape index (κ3) is 27.6. The number of anilines is 1. The minimum atomic E-state index is -4.94. The van der Waals surface area contributed by atoms with Crippen molar-refractivity contribution in [3.63, 3.8) is 0 Å². The summed E-state index contributed by atoms with van der Waals surface area (Å²) >= 11 is 6.60. The van der Waals surface area contributed by atoms with Crippen LogP contribution in [-0.2, 0) is 44.8 Å². The summed E-state index contributed by atoms with van der Waals surface area (Å²) < 4.78 is 68.8. The predicted molar refractivity (Wildman–Crippen MR) is 286 cm³/mol. The third-order valence-electron chi connectivity index (χ3n) is 9.61. The van der Waals surface area contributed by atoms with Crippen LogP contribution in [0.2, 0.25) is 0 Å². The molecule has 0 spiro atoms. The second-order valence-electron chi connectivity index (χ2n) is 14.8. The molecular weight excluding hydrogens is 1420 g/mol. The van der Waals surface area contributed by atoms with Gasteiger partial charge in [-0.3, -0.25) is 0 Å². The first kappa shape index (κ1) is 68.0. The molecule has 0 heterocycles. The van der Waals surface area contributed by atoms with Gasteiger partial charge >= 0.3 is 0 Å². The van der Waals surface area contributed by atoms with Crippen LogP contribution in [0.1, 0.15) is 5.56 Å². The van der Waals surface area contributed by atoms with Crippen molar-refractivity contribution >= 4 is 93.6 Å². The Morgan fingerprint density at radius 2 is 0.616 bits per heavy atom. The summed E-state index contributed by atoms with van der Waals surface area (Å²) in [7, 11) is -13.6. The van der Waals surface area contributed by atoms with Crippen LogP contribution in [0.3, 0.4) is 0 Å². The molecule has 8 aromatic rings. The summed E-state index contributed by atoms with van der Waals surface area (Å²) in [6, 6.07) is 81.8. The van der Waals surface area contributed by atoms with Gasteiger partial charge in [0.2, 0.25) is 0 Å². The van der Waals surface area contributed by atoms with E-state index in [1.807, 2.05) is 97.3 Å². The molecule has 1 N–H and O–H groups in total. The Labute approximate surface area is 479 Å². The van der Waals surface area contributed by atoms with Crippen molar-refractivity contribution in [2.75, 3.05) is 11.6 Å². The number of halogens is 2. The van der Waals surface area contributed by atoms with Gasteiger partial charge in [0.25, 0.3) is 0 Å². The third-order valence-corrected chi connectivity index (χ3v) is 18.3. The van der Waals surface area contributed by atoms with Crippen LogP contribution in [0.4, 0.5) is 5.69 Å². The van der Waals surface area contributed by atoms with Gasteiger partial charge in [-0.25, -0.2) is 37.3 Å². The van der Waals surface area contributed by atoms with Gasteiger partial charge in [-0.15, -0.1) is 32.2 Å². The Morgan fingerprint density at radius 3 is 0.836 bits per heavy atom. The zero-order valence-electron chi connectivity index (χ0n) is 39.6. The fraction of sp³-hybridized carbons (Fsp3) is 0.0364. The smallest absolute Gasteiger partial charge is 0.137 e. The zero-order valence-corrected chi connectivity index (χ0v) is 49.8. The molecule has 0 unspecified atom stereocenters. The Bertz CT molecular complexity index is 2400. The van der Waals surface area contributed by atoms with Crippen molar-refractivity contribution < 1.29 is 103 Å². The van der Waals surface area contributed by atoms with E-state index in [4.69, 9.17) is 49.5 Å². The molecule has 0 aromatic heterocycles. The molecule has 0 saturated carbocycles. The van der Waals surface area contributed by atoms with Gasteiger partial charge < -0.3 is 5.32 Å². The quantitative estimate of drug-likeness (QED) is 0.101. The Morgan fingerprint density at radius 1 is 0.411 bits per heavy atom. The summed E-state index contributed by atoms with van der Waals surface area (Å²) in [6.45, 7) is 19.3. The van der Waals surface area contributed by atoms with E-state index in [0.29, 0.717) is 0 Å². The predicted octanol–water partition coefficient (Wildman–Crippen LogP) is 3.46. The maximum absolute atomic E-state index is 8.49. The van der Waals surface area contributed by atoms with Crippen molar-refractivity contribution in [1.29, 1.82) is 0 Å². The maximum Gasteiger partial charge on any atom is 0.137 e. The van der Waals surface area contributed by atoms with E-state index in [0.717, 1.165) is 10.0 Å². The molecule has 0 saturated heterocycles. The first-order chi connectivity index (χ1) is 33.6. The van der Waals surface area contributed by atoms with E-state index in [9.17, 15) is 0 Å².